The molecule has 0 unspecified atom stereocenters. The first-order valence-corrected chi connectivity index (χ1v) is 6.45. The molecule has 1 aromatic rings. The first kappa shape index (κ1) is 12.9. The van der Waals surface area contributed by atoms with Gasteiger partial charge in [-0.05, 0) is 17.7 Å². The molecule has 18 heavy (non-hydrogen) atoms. The summed E-state index contributed by atoms with van der Waals surface area (Å²) in [7, 11) is 4.70. The Hall–Kier alpha value is -1.56. The summed E-state index contributed by atoms with van der Waals surface area (Å²) in [5, 5.41) is 2.82. The molecule has 2 rings (SSSR count). The van der Waals surface area contributed by atoms with Crippen molar-refractivity contribution in [3.8, 4) is 17.2 Å². The number of hydrogen-bond acceptors (Lipinski definition) is 5. The largest absolute Gasteiger partial charge is 0.493 e. The third-order valence-corrected chi connectivity index (χ3v) is 3.82. The zero-order valence-corrected chi connectivity index (χ0v) is 11.3. The summed E-state index contributed by atoms with van der Waals surface area (Å²) in [5.74, 6) is 2.25. The molecule has 0 aliphatic carbocycles. The summed E-state index contributed by atoms with van der Waals surface area (Å²) in [6.45, 7) is 0. The molecule has 1 aliphatic heterocycles. The molecule has 1 atom stereocenters. The summed E-state index contributed by atoms with van der Waals surface area (Å²) in [6, 6.07) is 3.70. The number of hydrogen-bond donors (Lipinski definition) is 1. The van der Waals surface area contributed by atoms with Crippen LogP contribution in [0.5, 0.6) is 17.2 Å². The molecular formula is C12H15NO4S. The van der Waals surface area contributed by atoms with Crippen molar-refractivity contribution in [2.45, 2.75) is 5.37 Å². The van der Waals surface area contributed by atoms with Gasteiger partial charge in [-0.3, -0.25) is 4.79 Å². The van der Waals surface area contributed by atoms with Crippen molar-refractivity contribution in [3.05, 3.63) is 17.7 Å². The van der Waals surface area contributed by atoms with Crippen LogP contribution in [-0.2, 0) is 4.79 Å². The van der Waals surface area contributed by atoms with Gasteiger partial charge >= 0.3 is 0 Å². The van der Waals surface area contributed by atoms with E-state index in [-0.39, 0.29) is 11.3 Å². The molecule has 1 heterocycles. The van der Waals surface area contributed by atoms with Crippen LogP contribution in [0.1, 0.15) is 10.9 Å². The minimum Gasteiger partial charge on any atom is -0.493 e. The van der Waals surface area contributed by atoms with Gasteiger partial charge in [-0.25, -0.2) is 0 Å². The minimum absolute atomic E-state index is 0.0405. The SMILES string of the molecule is COc1cc([C@@H]2NC(=O)CS2)cc(OC)c1OC. The average Bonchev–Trinajstić information content (AvgIpc) is 2.83. The molecule has 1 N–H and O–H groups in total. The monoisotopic (exact) mass is 269 g/mol. The zero-order valence-electron chi connectivity index (χ0n) is 10.5. The van der Waals surface area contributed by atoms with Crippen LogP contribution in [0.2, 0.25) is 0 Å². The average molecular weight is 269 g/mol. The number of amides is 1. The lowest BCUT2D eigenvalue weighted by atomic mass is 10.1. The molecule has 98 valence electrons. The van der Waals surface area contributed by atoms with E-state index in [0.29, 0.717) is 23.0 Å². The van der Waals surface area contributed by atoms with Crippen molar-refractivity contribution in [1.82, 2.24) is 5.32 Å². The van der Waals surface area contributed by atoms with Crippen LogP contribution >= 0.6 is 11.8 Å². The fraction of sp³-hybridized carbons (Fsp3) is 0.417. The van der Waals surface area contributed by atoms with E-state index >= 15 is 0 Å². The van der Waals surface area contributed by atoms with Crippen molar-refractivity contribution in [2.75, 3.05) is 27.1 Å². The van der Waals surface area contributed by atoms with Crippen LogP contribution in [0, 0.1) is 0 Å². The highest BCUT2D eigenvalue weighted by Crippen LogP contribution is 2.42. The molecule has 6 heteroatoms. The Bertz CT molecular complexity index is 438. The summed E-state index contributed by atoms with van der Waals surface area (Å²) < 4.78 is 15.8. The Morgan fingerprint density at radius 3 is 2.17 bits per heavy atom. The smallest absolute Gasteiger partial charge is 0.231 e. The highest BCUT2D eigenvalue weighted by Gasteiger charge is 2.25. The molecule has 1 aliphatic rings. The Labute approximate surface area is 110 Å². The Kier molecular flexibility index (Phi) is 3.86. The number of methoxy groups -OCH3 is 3. The number of carbonyl (C=O) groups is 1. The van der Waals surface area contributed by atoms with Gasteiger partial charge in [0.15, 0.2) is 11.5 Å². The molecule has 0 spiro atoms. The van der Waals surface area contributed by atoms with Gasteiger partial charge in [-0.1, -0.05) is 0 Å². The summed E-state index contributed by atoms with van der Waals surface area (Å²) in [5.41, 5.74) is 0.931. The maximum absolute atomic E-state index is 11.2. The summed E-state index contributed by atoms with van der Waals surface area (Å²) >= 11 is 1.54. The van der Waals surface area contributed by atoms with Crippen LogP contribution in [0.4, 0.5) is 0 Å². The zero-order chi connectivity index (χ0) is 13.1. The van der Waals surface area contributed by atoms with E-state index in [9.17, 15) is 4.79 Å². The van der Waals surface area contributed by atoms with Crippen LogP contribution in [-0.4, -0.2) is 33.0 Å². The van der Waals surface area contributed by atoms with Crippen LogP contribution < -0.4 is 19.5 Å². The van der Waals surface area contributed by atoms with Crippen molar-refractivity contribution >= 4 is 17.7 Å². The van der Waals surface area contributed by atoms with Crippen molar-refractivity contribution in [1.29, 1.82) is 0 Å². The van der Waals surface area contributed by atoms with Crippen molar-refractivity contribution in [2.24, 2.45) is 0 Å². The number of rotatable bonds is 4. The number of nitrogens with one attached hydrogen (secondary N) is 1. The maximum atomic E-state index is 11.2. The Morgan fingerprint density at radius 1 is 1.17 bits per heavy atom. The summed E-state index contributed by atoms with van der Waals surface area (Å²) in [4.78, 5) is 11.2. The standard InChI is InChI=1S/C12H15NO4S/c1-15-8-4-7(12-13-10(14)6-18-12)5-9(16-2)11(8)17-3/h4-5,12H,6H2,1-3H3,(H,13,14)/t12-/m1/s1. The van der Waals surface area contributed by atoms with Crippen molar-refractivity contribution in [3.63, 3.8) is 0 Å². The first-order valence-electron chi connectivity index (χ1n) is 5.40. The molecule has 0 bridgehead atoms. The highest BCUT2D eigenvalue weighted by atomic mass is 32.2. The van der Waals surface area contributed by atoms with Gasteiger partial charge in [0, 0.05) is 0 Å². The van der Waals surface area contributed by atoms with E-state index in [1.807, 2.05) is 12.1 Å². The molecule has 1 aromatic carbocycles. The van der Waals surface area contributed by atoms with Crippen molar-refractivity contribution < 1.29 is 19.0 Å². The molecule has 5 nitrogen and oxygen atoms in total. The molecule has 1 saturated heterocycles. The Balaban J connectivity index is 2.40. The fourth-order valence-electron chi connectivity index (χ4n) is 1.82. The second kappa shape index (κ2) is 5.39. The van der Waals surface area contributed by atoms with E-state index in [2.05, 4.69) is 5.32 Å². The molecule has 0 saturated carbocycles. The van der Waals surface area contributed by atoms with Crippen LogP contribution in [0.15, 0.2) is 12.1 Å². The predicted octanol–water partition coefficient (Wildman–Crippen LogP) is 1.57. The normalized spacial score (nSPS) is 18.4. The highest BCUT2D eigenvalue weighted by molar-refractivity contribution is 8.00. The van der Waals surface area contributed by atoms with Crippen LogP contribution in [0.3, 0.4) is 0 Å². The van der Waals surface area contributed by atoms with Crippen LogP contribution in [0.25, 0.3) is 0 Å². The number of thioether (sulfide) groups is 1. The lowest BCUT2D eigenvalue weighted by Crippen LogP contribution is -2.19. The van der Waals surface area contributed by atoms with E-state index in [0.717, 1.165) is 5.56 Å². The van der Waals surface area contributed by atoms with Gasteiger partial charge in [0.1, 0.15) is 5.37 Å². The third-order valence-electron chi connectivity index (χ3n) is 2.66. The summed E-state index contributed by atoms with van der Waals surface area (Å²) in [6.07, 6.45) is 0. The predicted molar refractivity (Wildman–Crippen MR) is 69.4 cm³/mol. The lowest BCUT2D eigenvalue weighted by molar-refractivity contribution is -0.118. The van der Waals surface area contributed by atoms with Gasteiger partial charge < -0.3 is 19.5 Å². The first-order chi connectivity index (χ1) is 8.69. The lowest BCUT2D eigenvalue weighted by Gasteiger charge is -2.16. The second-order valence-electron chi connectivity index (χ2n) is 3.72. The van der Waals surface area contributed by atoms with E-state index < -0.39 is 0 Å². The van der Waals surface area contributed by atoms with Gasteiger partial charge in [-0.15, -0.1) is 11.8 Å². The Morgan fingerprint density at radius 2 is 1.78 bits per heavy atom. The van der Waals surface area contributed by atoms with E-state index in [1.54, 1.807) is 33.1 Å². The molecule has 1 amide bonds. The minimum atomic E-state index is -0.0637. The topological polar surface area (TPSA) is 56.8 Å². The fourth-order valence-corrected chi connectivity index (χ4v) is 2.77. The van der Waals surface area contributed by atoms with Gasteiger partial charge in [-0.2, -0.15) is 0 Å². The van der Waals surface area contributed by atoms with Gasteiger partial charge in [0.2, 0.25) is 11.7 Å². The van der Waals surface area contributed by atoms with Gasteiger partial charge in [0.05, 0.1) is 27.1 Å². The third kappa shape index (κ3) is 2.33. The maximum Gasteiger partial charge on any atom is 0.231 e. The quantitative estimate of drug-likeness (QED) is 0.899. The molecule has 1 fully saturated rings. The van der Waals surface area contributed by atoms with E-state index in [1.165, 1.54) is 0 Å². The molecule has 0 radical (unpaired) electrons. The second-order valence-corrected chi connectivity index (χ2v) is 4.81. The molecule has 0 aromatic heterocycles. The number of carbonyl (C=O) groups excluding carboxylic acids is 1. The number of benzene rings is 1. The number of ether oxygens (including phenoxy) is 3. The van der Waals surface area contributed by atoms with E-state index in [4.69, 9.17) is 14.2 Å². The van der Waals surface area contributed by atoms with Gasteiger partial charge in [0.25, 0.3) is 0 Å². The molecular weight excluding hydrogens is 254 g/mol.